The van der Waals surface area contributed by atoms with E-state index in [-0.39, 0.29) is 11.5 Å². The number of phenols is 1. The number of ether oxygens (including phenoxy) is 1. The Balaban J connectivity index is 2.18. The Hall–Kier alpha value is -3.16. The van der Waals surface area contributed by atoms with Gasteiger partial charge in [-0.15, -0.1) is 0 Å². The van der Waals surface area contributed by atoms with E-state index in [0.29, 0.717) is 10.5 Å². The highest BCUT2D eigenvalue weighted by molar-refractivity contribution is 6.28. The van der Waals surface area contributed by atoms with Crippen LogP contribution in [0.2, 0.25) is 0 Å². The molecule has 4 amide bonds. The predicted molar refractivity (Wildman–Crippen MR) is 78.5 cm³/mol. The lowest BCUT2D eigenvalue weighted by molar-refractivity contribution is -0.145. The van der Waals surface area contributed by atoms with Gasteiger partial charge in [0.05, 0.1) is 7.11 Å². The quantitative estimate of drug-likeness (QED) is 0.610. The summed E-state index contributed by atoms with van der Waals surface area (Å²) in [7, 11) is 2.58. The number of rotatable bonds is 4. The first kappa shape index (κ1) is 16.2. The summed E-state index contributed by atoms with van der Waals surface area (Å²) in [6.07, 6.45) is 2.39. The Morgan fingerprint density at radius 2 is 2.04 bits per heavy atom. The molecule has 0 saturated carbocycles. The van der Waals surface area contributed by atoms with Crippen molar-refractivity contribution in [1.82, 2.24) is 10.2 Å². The predicted octanol–water partition coefficient (Wildman–Crippen LogP) is 0.307. The molecule has 0 spiro atoms. The molecule has 23 heavy (non-hydrogen) atoms. The first-order chi connectivity index (χ1) is 10.8. The van der Waals surface area contributed by atoms with E-state index >= 15 is 0 Å². The van der Waals surface area contributed by atoms with Gasteiger partial charge in [-0.2, -0.15) is 0 Å². The fourth-order valence-electron chi connectivity index (χ4n) is 2.00. The number of aromatic hydroxyl groups is 1. The zero-order valence-electron chi connectivity index (χ0n) is 12.4. The van der Waals surface area contributed by atoms with Crippen LogP contribution in [0.5, 0.6) is 11.5 Å². The number of ketones is 1. The summed E-state index contributed by atoms with van der Waals surface area (Å²) in [5.41, 5.74) is 0.477. The van der Waals surface area contributed by atoms with E-state index in [1.807, 2.05) is 5.32 Å². The first-order valence-corrected chi connectivity index (χ1v) is 6.56. The Bertz CT molecular complexity index is 725. The van der Waals surface area contributed by atoms with Crippen LogP contribution in [0.3, 0.4) is 0 Å². The summed E-state index contributed by atoms with van der Waals surface area (Å²) in [5, 5.41) is 11.6. The van der Waals surface area contributed by atoms with Gasteiger partial charge in [0.1, 0.15) is 0 Å². The summed E-state index contributed by atoms with van der Waals surface area (Å²) in [5.74, 6) is -4.03. The van der Waals surface area contributed by atoms with Crippen LogP contribution in [0.1, 0.15) is 5.56 Å². The molecule has 1 aliphatic heterocycles. The van der Waals surface area contributed by atoms with Crippen molar-refractivity contribution in [3.8, 4) is 11.5 Å². The number of imide groups is 2. The van der Waals surface area contributed by atoms with E-state index in [1.54, 1.807) is 6.07 Å². The van der Waals surface area contributed by atoms with Gasteiger partial charge in [-0.25, -0.2) is 4.79 Å². The monoisotopic (exact) mass is 318 g/mol. The van der Waals surface area contributed by atoms with Crippen molar-refractivity contribution in [2.24, 2.45) is 5.92 Å². The number of hydrogen-bond donors (Lipinski definition) is 2. The van der Waals surface area contributed by atoms with Gasteiger partial charge >= 0.3 is 6.03 Å². The van der Waals surface area contributed by atoms with Gasteiger partial charge in [0, 0.05) is 7.05 Å². The van der Waals surface area contributed by atoms with E-state index in [9.17, 15) is 24.3 Å². The molecule has 1 heterocycles. The number of hydrogen-bond acceptors (Lipinski definition) is 6. The molecule has 2 N–H and O–H groups in total. The Morgan fingerprint density at radius 3 is 2.65 bits per heavy atom. The van der Waals surface area contributed by atoms with Crippen LogP contribution in [0.4, 0.5) is 4.79 Å². The Morgan fingerprint density at radius 1 is 1.35 bits per heavy atom. The summed E-state index contributed by atoms with van der Waals surface area (Å²) in [6, 6.07) is 3.58. The second-order valence-electron chi connectivity index (χ2n) is 4.79. The summed E-state index contributed by atoms with van der Waals surface area (Å²) < 4.78 is 4.89. The summed E-state index contributed by atoms with van der Waals surface area (Å²) >= 11 is 0. The van der Waals surface area contributed by atoms with E-state index in [1.165, 1.54) is 32.4 Å². The Labute approximate surface area is 131 Å². The van der Waals surface area contributed by atoms with E-state index in [2.05, 4.69) is 0 Å². The van der Waals surface area contributed by atoms with Crippen LogP contribution in [0, 0.1) is 5.92 Å². The molecular weight excluding hydrogens is 304 g/mol. The summed E-state index contributed by atoms with van der Waals surface area (Å²) in [6.45, 7) is 0. The number of nitrogens with one attached hydrogen (secondary N) is 1. The molecule has 0 unspecified atom stereocenters. The van der Waals surface area contributed by atoms with E-state index < -0.39 is 29.5 Å². The number of benzene rings is 1. The lowest BCUT2D eigenvalue weighted by Crippen LogP contribution is -2.58. The van der Waals surface area contributed by atoms with Crippen LogP contribution in [0.15, 0.2) is 24.3 Å². The second-order valence-corrected chi connectivity index (χ2v) is 4.79. The maximum atomic E-state index is 12.1. The standard InChI is InChI=1S/C15H14N2O6/c1-17-14(21)12(13(20)16-15(17)22)9(18)5-3-8-4-6-11(23-2)10(19)7-8/h3-7,12,19H,1-2H3,(H,16,20,22)/b5-3+/t12-/m1/s1. The van der Waals surface area contributed by atoms with Gasteiger partial charge in [-0.05, 0) is 23.8 Å². The smallest absolute Gasteiger partial charge is 0.330 e. The molecule has 1 aromatic carbocycles. The molecule has 1 aliphatic rings. The highest BCUT2D eigenvalue weighted by Gasteiger charge is 2.42. The van der Waals surface area contributed by atoms with Crippen LogP contribution < -0.4 is 10.1 Å². The number of carbonyl (C=O) groups excluding carboxylic acids is 4. The molecule has 0 aliphatic carbocycles. The zero-order chi connectivity index (χ0) is 17.1. The third-order valence-electron chi connectivity index (χ3n) is 3.30. The first-order valence-electron chi connectivity index (χ1n) is 6.56. The number of carbonyl (C=O) groups is 4. The van der Waals surface area contributed by atoms with Crippen molar-refractivity contribution >= 4 is 29.7 Å². The van der Waals surface area contributed by atoms with Crippen molar-refractivity contribution in [3.63, 3.8) is 0 Å². The highest BCUT2D eigenvalue weighted by atomic mass is 16.5. The average molecular weight is 318 g/mol. The minimum Gasteiger partial charge on any atom is -0.504 e. The van der Waals surface area contributed by atoms with Crippen LogP contribution in [-0.4, -0.2) is 47.8 Å². The largest absolute Gasteiger partial charge is 0.504 e. The molecule has 8 heteroatoms. The lowest BCUT2D eigenvalue weighted by Gasteiger charge is -2.25. The maximum absolute atomic E-state index is 12.1. The molecule has 2 rings (SSSR count). The van der Waals surface area contributed by atoms with Crippen LogP contribution in [-0.2, 0) is 14.4 Å². The molecule has 1 atom stereocenters. The topological polar surface area (TPSA) is 113 Å². The molecule has 1 fully saturated rings. The maximum Gasteiger partial charge on any atom is 0.330 e. The van der Waals surface area contributed by atoms with Gasteiger partial charge in [-0.3, -0.25) is 24.6 Å². The third-order valence-corrected chi connectivity index (χ3v) is 3.30. The van der Waals surface area contributed by atoms with Crippen molar-refractivity contribution < 1.29 is 29.0 Å². The van der Waals surface area contributed by atoms with Gasteiger partial charge in [0.25, 0.3) is 5.91 Å². The molecule has 1 aromatic rings. The van der Waals surface area contributed by atoms with Gasteiger partial charge in [-0.1, -0.05) is 12.1 Å². The number of amides is 4. The fraction of sp³-hybridized carbons (Fsp3) is 0.200. The van der Waals surface area contributed by atoms with Crippen molar-refractivity contribution in [2.75, 3.05) is 14.2 Å². The number of phenolic OH excluding ortho intramolecular Hbond substituents is 1. The van der Waals surface area contributed by atoms with Crippen molar-refractivity contribution in [3.05, 3.63) is 29.8 Å². The van der Waals surface area contributed by atoms with E-state index in [0.717, 1.165) is 6.08 Å². The third kappa shape index (κ3) is 3.20. The van der Waals surface area contributed by atoms with Crippen molar-refractivity contribution in [2.45, 2.75) is 0 Å². The minimum atomic E-state index is -1.60. The number of barbiturate groups is 1. The van der Waals surface area contributed by atoms with Gasteiger partial charge in [0.2, 0.25) is 5.91 Å². The molecule has 0 aromatic heterocycles. The molecule has 1 saturated heterocycles. The summed E-state index contributed by atoms with van der Waals surface area (Å²) in [4.78, 5) is 47.5. The van der Waals surface area contributed by atoms with Crippen LogP contribution >= 0.6 is 0 Å². The minimum absolute atomic E-state index is 0.112. The molecular formula is C15H14N2O6. The normalized spacial score (nSPS) is 18.3. The van der Waals surface area contributed by atoms with E-state index in [4.69, 9.17) is 4.74 Å². The lowest BCUT2D eigenvalue weighted by atomic mass is 9.98. The number of nitrogens with zero attached hydrogens (tertiary/aromatic N) is 1. The molecule has 0 bridgehead atoms. The van der Waals surface area contributed by atoms with Crippen LogP contribution in [0.25, 0.3) is 6.08 Å². The number of allylic oxidation sites excluding steroid dienone is 1. The SMILES string of the molecule is COc1ccc(/C=C/C(=O)[C@@H]2C(=O)NC(=O)N(C)C2=O)cc1O. The number of urea groups is 1. The zero-order valence-corrected chi connectivity index (χ0v) is 12.4. The van der Waals surface area contributed by atoms with Gasteiger partial charge in [0.15, 0.2) is 23.2 Å². The highest BCUT2D eigenvalue weighted by Crippen LogP contribution is 2.26. The number of methoxy groups -OCH3 is 1. The molecule has 0 radical (unpaired) electrons. The van der Waals surface area contributed by atoms with Crippen molar-refractivity contribution in [1.29, 1.82) is 0 Å². The average Bonchev–Trinajstić information content (AvgIpc) is 2.51. The Kier molecular flexibility index (Phi) is 4.44. The second kappa shape index (κ2) is 6.30. The molecule has 8 nitrogen and oxygen atoms in total. The molecule has 120 valence electrons. The van der Waals surface area contributed by atoms with Gasteiger partial charge < -0.3 is 9.84 Å². The fourth-order valence-corrected chi connectivity index (χ4v) is 2.00.